The van der Waals surface area contributed by atoms with Gasteiger partial charge in [0.1, 0.15) is 5.69 Å². The summed E-state index contributed by atoms with van der Waals surface area (Å²) < 4.78 is 25.5. The molecule has 1 aromatic heterocycles. The first kappa shape index (κ1) is 8.13. The van der Waals surface area contributed by atoms with Crippen molar-refractivity contribution in [3.8, 4) is 0 Å². The summed E-state index contributed by atoms with van der Waals surface area (Å²) in [5.41, 5.74) is 4.96. The molecule has 1 heterocycles. The Morgan fingerprint density at radius 1 is 1.73 bits per heavy atom. The molecule has 1 rings (SSSR count). The van der Waals surface area contributed by atoms with Crippen LogP contribution in [0.5, 0.6) is 0 Å². The Kier molecular flexibility index (Phi) is 1.90. The molecule has 11 heavy (non-hydrogen) atoms. The predicted molar refractivity (Wildman–Crippen MR) is 36.3 cm³/mol. The van der Waals surface area contributed by atoms with E-state index in [0.717, 1.165) is 0 Å². The summed E-state index contributed by atoms with van der Waals surface area (Å²) in [5, 5.41) is 0. The minimum atomic E-state index is -3.01. The van der Waals surface area contributed by atoms with E-state index in [0.29, 0.717) is 5.69 Å². The van der Waals surface area contributed by atoms with E-state index in [9.17, 15) is 8.78 Å². The first-order valence-electron chi connectivity index (χ1n) is 3.16. The summed E-state index contributed by atoms with van der Waals surface area (Å²) in [7, 11) is 0. The average molecular weight is 161 g/mol. The zero-order chi connectivity index (χ0) is 8.48. The number of nitrogens with zero attached hydrogens (tertiary/aromatic N) is 1. The summed E-state index contributed by atoms with van der Waals surface area (Å²) >= 11 is 0. The first-order chi connectivity index (χ1) is 5.08. The van der Waals surface area contributed by atoms with Crippen LogP contribution in [0.15, 0.2) is 6.33 Å². The van der Waals surface area contributed by atoms with Crippen LogP contribution in [0.4, 0.5) is 8.78 Å². The molecule has 62 valence electrons. The SMILES string of the molecule is Cc1[nH]cnc1C(F)(F)CN. The summed E-state index contributed by atoms with van der Waals surface area (Å²) in [6, 6.07) is 0. The highest BCUT2D eigenvalue weighted by Crippen LogP contribution is 2.26. The van der Waals surface area contributed by atoms with Crippen LogP contribution in [0.1, 0.15) is 11.4 Å². The van der Waals surface area contributed by atoms with E-state index < -0.39 is 12.5 Å². The molecule has 3 N–H and O–H groups in total. The molecule has 0 saturated carbocycles. The van der Waals surface area contributed by atoms with Crippen LogP contribution in [-0.2, 0) is 5.92 Å². The van der Waals surface area contributed by atoms with Crippen LogP contribution < -0.4 is 5.73 Å². The molecule has 0 atom stereocenters. The largest absolute Gasteiger partial charge is 0.348 e. The van der Waals surface area contributed by atoms with Gasteiger partial charge in [-0.15, -0.1) is 0 Å². The molecule has 0 unspecified atom stereocenters. The zero-order valence-electron chi connectivity index (χ0n) is 6.06. The molecule has 5 heteroatoms. The van der Waals surface area contributed by atoms with Gasteiger partial charge in [0.05, 0.1) is 12.9 Å². The van der Waals surface area contributed by atoms with Crippen LogP contribution in [0, 0.1) is 6.92 Å². The van der Waals surface area contributed by atoms with Crippen LogP contribution in [0.25, 0.3) is 0 Å². The molecule has 0 aliphatic rings. The summed E-state index contributed by atoms with van der Waals surface area (Å²) in [6.07, 6.45) is 1.23. The minimum Gasteiger partial charge on any atom is -0.348 e. The fraction of sp³-hybridized carbons (Fsp3) is 0.500. The third-order valence-corrected chi connectivity index (χ3v) is 1.43. The quantitative estimate of drug-likeness (QED) is 0.673. The van der Waals surface area contributed by atoms with Gasteiger partial charge in [-0.25, -0.2) is 4.98 Å². The normalized spacial score (nSPS) is 12.0. The number of halogens is 2. The van der Waals surface area contributed by atoms with Crippen LogP contribution in [0.2, 0.25) is 0 Å². The number of nitrogens with two attached hydrogens (primary N) is 1. The molecule has 0 aromatic carbocycles. The van der Waals surface area contributed by atoms with Gasteiger partial charge in [-0.1, -0.05) is 0 Å². The molecule has 0 amide bonds. The Morgan fingerprint density at radius 3 is 2.73 bits per heavy atom. The Hall–Kier alpha value is -0.970. The second-order valence-corrected chi connectivity index (χ2v) is 2.28. The van der Waals surface area contributed by atoms with Crippen molar-refractivity contribution in [1.29, 1.82) is 0 Å². The van der Waals surface area contributed by atoms with Gasteiger partial charge in [0.2, 0.25) is 0 Å². The van der Waals surface area contributed by atoms with Crippen molar-refractivity contribution in [2.75, 3.05) is 6.54 Å². The van der Waals surface area contributed by atoms with Gasteiger partial charge in [0.15, 0.2) is 0 Å². The molecule has 0 fully saturated rings. The van der Waals surface area contributed by atoms with Crippen molar-refractivity contribution < 1.29 is 8.78 Å². The average Bonchev–Trinajstić information content (AvgIpc) is 2.36. The molecule has 0 radical (unpaired) electrons. The first-order valence-corrected chi connectivity index (χ1v) is 3.16. The number of aryl methyl sites for hydroxylation is 1. The molecule has 0 aliphatic heterocycles. The fourth-order valence-corrected chi connectivity index (χ4v) is 0.824. The second-order valence-electron chi connectivity index (χ2n) is 2.28. The molecule has 3 nitrogen and oxygen atoms in total. The lowest BCUT2D eigenvalue weighted by atomic mass is 10.2. The van der Waals surface area contributed by atoms with Crippen molar-refractivity contribution in [3.63, 3.8) is 0 Å². The molecule has 0 saturated heterocycles. The number of aromatic amines is 1. The molecular weight excluding hydrogens is 152 g/mol. The maximum Gasteiger partial charge on any atom is 0.303 e. The smallest absolute Gasteiger partial charge is 0.303 e. The minimum absolute atomic E-state index is 0.264. The number of hydrogen-bond acceptors (Lipinski definition) is 2. The van der Waals surface area contributed by atoms with Crippen molar-refractivity contribution >= 4 is 0 Å². The monoisotopic (exact) mass is 161 g/mol. The van der Waals surface area contributed by atoms with E-state index in [4.69, 9.17) is 5.73 Å². The maximum absolute atomic E-state index is 12.8. The third-order valence-electron chi connectivity index (χ3n) is 1.43. The lowest BCUT2D eigenvalue weighted by Gasteiger charge is -2.10. The summed E-state index contributed by atoms with van der Waals surface area (Å²) in [5.74, 6) is -3.01. The fourth-order valence-electron chi connectivity index (χ4n) is 0.824. The van der Waals surface area contributed by atoms with Gasteiger partial charge in [0.25, 0.3) is 0 Å². The molecule has 1 aromatic rings. The Labute approximate surface area is 62.6 Å². The Morgan fingerprint density at radius 2 is 2.36 bits per heavy atom. The highest BCUT2D eigenvalue weighted by Gasteiger charge is 2.33. The Bertz CT molecular complexity index is 244. The number of H-pyrrole nitrogens is 1. The summed E-state index contributed by atoms with van der Waals surface area (Å²) in [6.45, 7) is 0.824. The van der Waals surface area contributed by atoms with Crippen molar-refractivity contribution in [1.82, 2.24) is 9.97 Å². The summed E-state index contributed by atoms with van der Waals surface area (Å²) in [4.78, 5) is 6.04. The van der Waals surface area contributed by atoms with Gasteiger partial charge in [-0.3, -0.25) is 0 Å². The number of aromatic nitrogens is 2. The standard InChI is InChI=1S/C6H9F2N3/c1-4-5(11-3-10-4)6(7,8)2-9/h3H,2,9H2,1H3,(H,10,11). The van der Waals surface area contributed by atoms with Crippen LogP contribution in [0.3, 0.4) is 0 Å². The number of rotatable bonds is 2. The highest BCUT2D eigenvalue weighted by molar-refractivity contribution is 5.15. The van der Waals surface area contributed by atoms with Crippen molar-refractivity contribution in [2.24, 2.45) is 5.73 Å². The zero-order valence-corrected chi connectivity index (χ0v) is 6.06. The van der Waals surface area contributed by atoms with E-state index >= 15 is 0 Å². The Balaban J connectivity index is 3.00. The van der Waals surface area contributed by atoms with Gasteiger partial charge in [0, 0.05) is 5.69 Å². The molecular formula is C6H9F2N3. The lowest BCUT2D eigenvalue weighted by molar-refractivity contribution is 0.00114. The van der Waals surface area contributed by atoms with Gasteiger partial charge >= 0.3 is 5.92 Å². The van der Waals surface area contributed by atoms with Crippen molar-refractivity contribution in [2.45, 2.75) is 12.8 Å². The van der Waals surface area contributed by atoms with Gasteiger partial charge in [-0.05, 0) is 6.92 Å². The highest BCUT2D eigenvalue weighted by atomic mass is 19.3. The second kappa shape index (κ2) is 2.58. The molecule has 0 spiro atoms. The van der Waals surface area contributed by atoms with E-state index in [1.807, 2.05) is 0 Å². The van der Waals surface area contributed by atoms with Gasteiger partial charge < -0.3 is 10.7 Å². The van der Waals surface area contributed by atoms with Crippen LogP contribution in [-0.4, -0.2) is 16.5 Å². The van der Waals surface area contributed by atoms with E-state index in [2.05, 4.69) is 9.97 Å². The number of alkyl halides is 2. The van der Waals surface area contributed by atoms with E-state index in [1.54, 1.807) is 0 Å². The topological polar surface area (TPSA) is 54.7 Å². The predicted octanol–water partition coefficient (Wildman–Crippen LogP) is 0.769. The number of nitrogens with one attached hydrogen (secondary N) is 1. The van der Waals surface area contributed by atoms with Gasteiger partial charge in [-0.2, -0.15) is 8.78 Å². The molecule has 0 aliphatic carbocycles. The molecule has 0 bridgehead atoms. The number of imidazole rings is 1. The maximum atomic E-state index is 12.8. The number of hydrogen-bond donors (Lipinski definition) is 2. The van der Waals surface area contributed by atoms with E-state index in [-0.39, 0.29) is 5.69 Å². The third kappa shape index (κ3) is 1.37. The lowest BCUT2D eigenvalue weighted by Crippen LogP contribution is -2.26. The van der Waals surface area contributed by atoms with Crippen molar-refractivity contribution in [3.05, 3.63) is 17.7 Å². The van der Waals surface area contributed by atoms with Crippen LogP contribution >= 0.6 is 0 Å². The van der Waals surface area contributed by atoms with E-state index in [1.165, 1.54) is 13.3 Å².